The molecule has 3 aliphatic rings. The number of cyclic esters (lactones) is 1. The van der Waals surface area contributed by atoms with Gasteiger partial charge in [0.05, 0.1) is 37.9 Å². The molecular weight excluding hydrogens is 858 g/mol. The SMILES string of the molecule is Cc1cc(/C(=C\C2(/C=C(/c3ccc(N4CCCC4)cc3)c3ccc(OC(C)C)c(C)c3)OC(=O)c3c(Cl)c(Cl)c(Cl)c(Cl)c32)c2ccc(N3CCCC3)cc2)ccc1OC(C)C. The van der Waals surface area contributed by atoms with Gasteiger partial charge in [0.15, 0.2) is 5.60 Å². The maximum Gasteiger partial charge on any atom is 0.341 e. The summed E-state index contributed by atoms with van der Waals surface area (Å²) in [5, 5.41) is 0.0815. The summed E-state index contributed by atoms with van der Waals surface area (Å²) in [4.78, 5) is 19.3. The molecule has 0 spiro atoms. The molecule has 0 N–H and O–H groups in total. The summed E-state index contributed by atoms with van der Waals surface area (Å²) in [6.45, 7) is 16.2. The molecule has 3 heterocycles. The topological polar surface area (TPSA) is 51.2 Å². The molecule has 2 fully saturated rings. The van der Waals surface area contributed by atoms with Gasteiger partial charge >= 0.3 is 5.97 Å². The fraction of sp³-hybridized carbons (Fsp3) is 0.327. The maximum atomic E-state index is 14.4. The fourth-order valence-electron chi connectivity index (χ4n) is 8.85. The zero-order valence-corrected chi connectivity index (χ0v) is 39.1. The number of hydrogen-bond acceptors (Lipinski definition) is 6. The van der Waals surface area contributed by atoms with Crippen LogP contribution in [0.2, 0.25) is 20.1 Å². The Balaban J connectivity index is 1.42. The standard InChI is InChI=1S/C52H52Cl4N2O4/c1-31(2)60-43-21-15-37(27-33(43)5)41(35-11-17-39(18-12-35)57-23-7-8-24-57)29-52(46-45(51(59)62-52)47(53)49(55)50(56)48(46)54)30-42(38-16-22-44(34(6)28-38)61-32(3)4)36-13-19-40(20-14-36)58-25-9-10-26-58/h11-22,27-32H,7-10,23-26H2,1-6H3/b41-29-,42-30-. The average Bonchev–Trinajstić information content (AvgIpc) is 4.05. The predicted octanol–water partition coefficient (Wildman–Crippen LogP) is 14.3. The van der Waals surface area contributed by atoms with E-state index in [1.807, 2.05) is 78.0 Å². The van der Waals surface area contributed by atoms with Gasteiger partial charge in [-0.1, -0.05) is 82.8 Å². The maximum absolute atomic E-state index is 14.4. The number of aryl methyl sites for hydroxylation is 2. The van der Waals surface area contributed by atoms with E-state index in [2.05, 4.69) is 70.5 Å². The lowest BCUT2D eigenvalue weighted by molar-refractivity contribution is 0.0300. The third kappa shape index (κ3) is 8.82. The molecule has 322 valence electrons. The van der Waals surface area contributed by atoms with Crippen molar-refractivity contribution in [2.75, 3.05) is 36.0 Å². The molecule has 0 amide bonds. The van der Waals surface area contributed by atoms with Crippen molar-refractivity contribution in [1.29, 1.82) is 0 Å². The van der Waals surface area contributed by atoms with Crippen LogP contribution in [0.25, 0.3) is 11.1 Å². The number of ether oxygens (including phenoxy) is 3. The Morgan fingerprint density at radius 2 is 0.968 bits per heavy atom. The van der Waals surface area contributed by atoms with E-state index >= 15 is 0 Å². The molecule has 62 heavy (non-hydrogen) atoms. The molecule has 0 saturated carbocycles. The van der Waals surface area contributed by atoms with Gasteiger partial charge in [-0.3, -0.25) is 0 Å². The first-order chi connectivity index (χ1) is 29.7. The van der Waals surface area contributed by atoms with E-state index < -0.39 is 11.6 Å². The summed E-state index contributed by atoms with van der Waals surface area (Å²) in [6.07, 6.45) is 8.63. The Morgan fingerprint density at radius 1 is 0.581 bits per heavy atom. The number of carbonyl (C=O) groups is 1. The number of rotatable bonds is 12. The van der Waals surface area contributed by atoms with Crippen LogP contribution >= 0.6 is 46.4 Å². The molecule has 6 nitrogen and oxygen atoms in total. The van der Waals surface area contributed by atoms with Crippen LogP contribution in [0.15, 0.2) is 97.1 Å². The van der Waals surface area contributed by atoms with Gasteiger partial charge in [0.1, 0.15) is 11.5 Å². The minimum Gasteiger partial charge on any atom is -0.491 e. The quantitative estimate of drug-likeness (QED) is 0.0706. The molecular formula is C52H52Cl4N2O4. The van der Waals surface area contributed by atoms with Crippen LogP contribution in [0.3, 0.4) is 0 Å². The first-order valence-electron chi connectivity index (χ1n) is 21.5. The van der Waals surface area contributed by atoms with Crippen LogP contribution < -0.4 is 19.3 Å². The van der Waals surface area contributed by atoms with E-state index in [0.717, 1.165) is 93.6 Å². The lowest BCUT2D eigenvalue weighted by Crippen LogP contribution is -2.23. The monoisotopic (exact) mass is 908 g/mol. The second kappa shape index (κ2) is 18.3. The van der Waals surface area contributed by atoms with Crippen molar-refractivity contribution in [2.24, 2.45) is 0 Å². The molecule has 2 saturated heterocycles. The Kier molecular flexibility index (Phi) is 13.0. The second-order valence-corrected chi connectivity index (χ2v) is 18.6. The Hall–Kier alpha value is -4.59. The molecule has 0 aromatic heterocycles. The lowest BCUT2D eigenvalue weighted by Gasteiger charge is -2.28. The van der Waals surface area contributed by atoms with Gasteiger partial charge in [0.2, 0.25) is 0 Å². The van der Waals surface area contributed by atoms with Gasteiger partial charge in [-0.2, -0.15) is 0 Å². The van der Waals surface area contributed by atoms with E-state index in [9.17, 15) is 4.79 Å². The number of fused-ring (bicyclic) bond motifs is 1. The fourth-order valence-corrected chi connectivity index (χ4v) is 9.92. The number of benzene rings is 5. The van der Waals surface area contributed by atoms with Gasteiger partial charge in [-0.05, 0) is 172 Å². The number of halogens is 4. The highest BCUT2D eigenvalue weighted by Crippen LogP contribution is 2.54. The van der Waals surface area contributed by atoms with E-state index in [-0.39, 0.29) is 37.9 Å². The van der Waals surface area contributed by atoms with Crippen molar-refractivity contribution in [3.63, 3.8) is 0 Å². The molecule has 10 heteroatoms. The predicted molar refractivity (Wildman–Crippen MR) is 257 cm³/mol. The normalized spacial score (nSPS) is 18.0. The third-order valence-corrected chi connectivity index (χ3v) is 13.6. The van der Waals surface area contributed by atoms with Crippen molar-refractivity contribution in [1.82, 2.24) is 0 Å². The molecule has 0 aliphatic carbocycles. The summed E-state index contributed by atoms with van der Waals surface area (Å²) < 4.78 is 19.1. The summed E-state index contributed by atoms with van der Waals surface area (Å²) in [5.74, 6) is 0.908. The van der Waals surface area contributed by atoms with Gasteiger partial charge in [0.25, 0.3) is 0 Å². The highest BCUT2D eigenvalue weighted by atomic mass is 35.5. The van der Waals surface area contributed by atoms with Crippen molar-refractivity contribution >= 4 is 74.9 Å². The highest BCUT2D eigenvalue weighted by Gasteiger charge is 2.48. The van der Waals surface area contributed by atoms with Crippen molar-refractivity contribution in [3.05, 3.63) is 162 Å². The average molecular weight is 911 g/mol. The molecule has 0 atom stereocenters. The molecule has 3 aliphatic heterocycles. The molecule has 8 rings (SSSR count). The molecule has 5 aromatic rings. The van der Waals surface area contributed by atoms with E-state index in [0.29, 0.717) is 5.56 Å². The Labute approximate surface area is 386 Å². The zero-order chi connectivity index (χ0) is 43.9. The highest BCUT2D eigenvalue weighted by molar-refractivity contribution is 6.53. The van der Waals surface area contributed by atoms with Gasteiger partial charge in [-0.15, -0.1) is 0 Å². The number of esters is 1. The minimum atomic E-state index is -1.64. The van der Waals surface area contributed by atoms with Crippen molar-refractivity contribution in [3.8, 4) is 11.5 Å². The third-order valence-electron chi connectivity index (χ3n) is 11.8. The van der Waals surface area contributed by atoms with Crippen LogP contribution in [-0.2, 0) is 10.3 Å². The van der Waals surface area contributed by atoms with E-state index in [1.54, 1.807) is 0 Å². The summed E-state index contributed by atoms with van der Waals surface area (Å²) in [6, 6.07) is 29.4. The number of carbonyl (C=O) groups excluding carboxylic acids is 1. The number of hydrogen-bond donors (Lipinski definition) is 0. The molecule has 0 radical (unpaired) electrons. The Bertz CT molecular complexity index is 2420. The first-order valence-corrected chi connectivity index (χ1v) is 23.1. The minimum absolute atomic E-state index is 0.00329. The summed E-state index contributed by atoms with van der Waals surface area (Å²) in [7, 11) is 0. The first kappa shape index (κ1) is 44.0. The largest absolute Gasteiger partial charge is 0.491 e. The number of anilines is 2. The van der Waals surface area contributed by atoms with Gasteiger partial charge in [-0.25, -0.2) is 4.79 Å². The molecule has 0 bridgehead atoms. The van der Waals surface area contributed by atoms with E-state index in [1.165, 1.54) is 25.7 Å². The lowest BCUT2D eigenvalue weighted by atomic mass is 9.82. The smallest absolute Gasteiger partial charge is 0.341 e. The zero-order valence-electron chi connectivity index (χ0n) is 36.1. The summed E-state index contributed by atoms with van der Waals surface area (Å²) >= 11 is 27.8. The van der Waals surface area contributed by atoms with Crippen LogP contribution in [0.5, 0.6) is 11.5 Å². The second-order valence-electron chi connectivity index (χ2n) is 17.1. The van der Waals surface area contributed by atoms with Crippen molar-refractivity contribution < 1.29 is 19.0 Å². The van der Waals surface area contributed by atoms with Crippen LogP contribution in [0.1, 0.15) is 103 Å². The van der Waals surface area contributed by atoms with Gasteiger partial charge in [0, 0.05) is 43.1 Å². The van der Waals surface area contributed by atoms with Gasteiger partial charge < -0.3 is 24.0 Å². The molecule has 5 aromatic carbocycles. The summed E-state index contributed by atoms with van der Waals surface area (Å²) in [5.41, 5.74) is 8.15. The van der Waals surface area contributed by atoms with E-state index in [4.69, 9.17) is 60.6 Å². The molecule has 0 unspecified atom stereocenters. The van der Waals surface area contributed by atoms with Crippen LogP contribution in [0, 0.1) is 13.8 Å². The number of nitrogens with zero attached hydrogens (tertiary/aromatic N) is 2. The van der Waals surface area contributed by atoms with Crippen LogP contribution in [0.4, 0.5) is 11.4 Å². The van der Waals surface area contributed by atoms with Crippen LogP contribution in [-0.4, -0.2) is 44.4 Å². The van der Waals surface area contributed by atoms with Crippen molar-refractivity contribution in [2.45, 2.75) is 85.0 Å². The Morgan fingerprint density at radius 3 is 1.35 bits per heavy atom.